The van der Waals surface area contributed by atoms with Crippen LogP contribution in [0.25, 0.3) is 17.0 Å². The Balaban J connectivity index is 2.60. The van der Waals surface area contributed by atoms with Crippen molar-refractivity contribution in [3.63, 3.8) is 0 Å². The van der Waals surface area contributed by atoms with Gasteiger partial charge in [0.15, 0.2) is 5.43 Å². The molecule has 0 aliphatic rings. The lowest BCUT2D eigenvalue weighted by molar-refractivity contribution is -0.131. The van der Waals surface area contributed by atoms with Gasteiger partial charge in [-0.3, -0.25) is 4.79 Å². The van der Waals surface area contributed by atoms with Gasteiger partial charge in [-0.1, -0.05) is 11.6 Å². The molecule has 1 aromatic carbocycles. The molecule has 0 radical (unpaired) electrons. The largest absolute Gasteiger partial charge is 0.478 e. The van der Waals surface area contributed by atoms with Crippen LogP contribution in [0.2, 0.25) is 0 Å². The van der Waals surface area contributed by atoms with Crippen molar-refractivity contribution < 1.29 is 14.3 Å². The van der Waals surface area contributed by atoms with Gasteiger partial charge in [0, 0.05) is 12.1 Å². The van der Waals surface area contributed by atoms with E-state index in [-0.39, 0.29) is 11.2 Å². The van der Waals surface area contributed by atoms with Crippen LogP contribution in [0.4, 0.5) is 0 Å². The molecule has 0 saturated heterocycles. The highest BCUT2D eigenvalue weighted by molar-refractivity contribution is 5.85. The zero-order valence-electron chi connectivity index (χ0n) is 9.14. The van der Waals surface area contributed by atoms with E-state index in [9.17, 15) is 9.59 Å². The Bertz CT molecular complexity index is 665. The first-order chi connectivity index (χ1) is 8.06. The van der Waals surface area contributed by atoms with Crippen LogP contribution in [0.15, 0.2) is 39.6 Å². The first-order valence-electron chi connectivity index (χ1n) is 5.02. The Morgan fingerprint density at radius 3 is 2.82 bits per heavy atom. The quantitative estimate of drug-likeness (QED) is 0.803. The summed E-state index contributed by atoms with van der Waals surface area (Å²) in [6, 6.07) is 6.55. The minimum Gasteiger partial charge on any atom is -0.478 e. The molecule has 4 nitrogen and oxygen atoms in total. The molecule has 0 amide bonds. The molecule has 1 heterocycles. The molecule has 1 N–H and O–H groups in total. The monoisotopic (exact) mass is 230 g/mol. The summed E-state index contributed by atoms with van der Waals surface area (Å²) in [5, 5.41) is 8.98. The molecule has 2 rings (SSSR count). The average molecular weight is 230 g/mol. The standard InChI is InChI=1S/C13H10O4/c1-8-2-4-12-10(6-8)11(14)7-9(17-12)3-5-13(15)16/h2-7H,1H3,(H,15,16)/b5-3+. The van der Waals surface area contributed by atoms with Crippen molar-refractivity contribution in [3.05, 3.63) is 51.9 Å². The zero-order valence-corrected chi connectivity index (χ0v) is 9.14. The van der Waals surface area contributed by atoms with Gasteiger partial charge in [0.05, 0.1) is 5.39 Å². The molecule has 0 atom stereocenters. The zero-order chi connectivity index (χ0) is 12.4. The third-order valence-corrected chi connectivity index (χ3v) is 2.29. The molecule has 86 valence electrons. The number of benzene rings is 1. The molecule has 4 heteroatoms. The van der Waals surface area contributed by atoms with E-state index < -0.39 is 5.97 Å². The number of fused-ring (bicyclic) bond motifs is 1. The maximum Gasteiger partial charge on any atom is 0.328 e. The molecule has 0 aliphatic heterocycles. The van der Waals surface area contributed by atoms with Crippen molar-refractivity contribution in [2.75, 3.05) is 0 Å². The van der Waals surface area contributed by atoms with Crippen LogP contribution < -0.4 is 5.43 Å². The predicted molar refractivity (Wildman–Crippen MR) is 63.9 cm³/mol. The lowest BCUT2D eigenvalue weighted by Crippen LogP contribution is -2.00. The van der Waals surface area contributed by atoms with Crippen molar-refractivity contribution in [3.8, 4) is 0 Å². The Labute approximate surface area is 96.8 Å². The fourth-order valence-corrected chi connectivity index (χ4v) is 1.52. The van der Waals surface area contributed by atoms with Gasteiger partial charge < -0.3 is 9.52 Å². The van der Waals surface area contributed by atoms with E-state index in [1.54, 1.807) is 12.1 Å². The lowest BCUT2D eigenvalue weighted by Gasteiger charge is -1.99. The molecule has 1 aromatic heterocycles. The van der Waals surface area contributed by atoms with Gasteiger partial charge >= 0.3 is 5.97 Å². The number of aryl methyl sites for hydroxylation is 1. The molecule has 0 spiro atoms. The maximum absolute atomic E-state index is 11.8. The summed E-state index contributed by atoms with van der Waals surface area (Å²) >= 11 is 0. The number of hydrogen-bond acceptors (Lipinski definition) is 3. The minimum atomic E-state index is -1.09. The van der Waals surface area contributed by atoms with E-state index in [4.69, 9.17) is 9.52 Å². The Morgan fingerprint density at radius 1 is 1.35 bits per heavy atom. The molecule has 17 heavy (non-hydrogen) atoms. The van der Waals surface area contributed by atoms with Crippen molar-refractivity contribution in [2.24, 2.45) is 0 Å². The summed E-state index contributed by atoms with van der Waals surface area (Å²) in [6.45, 7) is 1.89. The normalized spacial score (nSPS) is 11.1. The van der Waals surface area contributed by atoms with E-state index in [2.05, 4.69) is 0 Å². The highest BCUT2D eigenvalue weighted by atomic mass is 16.4. The molecule has 0 bridgehead atoms. The van der Waals surface area contributed by atoms with E-state index in [1.807, 2.05) is 13.0 Å². The summed E-state index contributed by atoms with van der Waals surface area (Å²) in [5.74, 6) is -0.856. The van der Waals surface area contributed by atoms with Gasteiger partial charge in [0.1, 0.15) is 11.3 Å². The van der Waals surface area contributed by atoms with Crippen molar-refractivity contribution in [1.29, 1.82) is 0 Å². The van der Waals surface area contributed by atoms with Crippen molar-refractivity contribution in [2.45, 2.75) is 6.92 Å². The first kappa shape index (κ1) is 11.1. The van der Waals surface area contributed by atoms with Gasteiger partial charge in [-0.2, -0.15) is 0 Å². The van der Waals surface area contributed by atoms with Crippen LogP contribution in [-0.4, -0.2) is 11.1 Å². The van der Waals surface area contributed by atoms with E-state index in [1.165, 1.54) is 12.1 Å². The molecule has 0 aliphatic carbocycles. The Morgan fingerprint density at radius 2 is 2.12 bits per heavy atom. The number of carbonyl (C=O) groups is 1. The van der Waals surface area contributed by atoms with Gasteiger partial charge in [-0.05, 0) is 25.1 Å². The van der Waals surface area contributed by atoms with Crippen molar-refractivity contribution >= 4 is 23.0 Å². The molecule has 0 fully saturated rings. The van der Waals surface area contributed by atoms with E-state index >= 15 is 0 Å². The molecular formula is C13H10O4. The Hall–Kier alpha value is -2.36. The smallest absolute Gasteiger partial charge is 0.328 e. The fourth-order valence-electron chi connectivity index (χ4n) is 1.52. The number of aliphatic carboxylic acids is 1. The first-order valence-corrected chi connectivity index (χ1v) is 5.02. The summed E-state index contributed by atoms with van der Waals surface area (Å²) < 4.78 is 5.40. The molecule has 0 saturated carbocycles. The van der Waals surface area contributed by atoms with Crippen LogP contribution in [0.5, 0.6) is 0 Å². The van der Waals surface area contributed by atoms with Crippen LogP contribution in [0, 0.1) is 6.92 Å². The maximum atomic E-state index is 11.8. The van der Waals surface area contributed by atoms with Crippen molar-refractivity contribution in [1.82, 2.24) is 0 Å². The molecule has 0 unspecified atom stereocenters. The number of carboxylic acid groups (broad SMARTS) is 1. The third kappa shape index (κ3) is 2.42. The van der Waals surface area contributed by atoms with E-state index in [0.29, 0.717) is 11.0 Å². The summed E-state index contributed by atoms with van der Waals surface area (Å²) in [7, 11) is 0. The highest BCUT2D eigenvalue weighted by Gasteiger charge is 2.03. The predicted octanol–water partition coefficient (Wildman–Crippen LogP) is 2.20. The lowest BCUT2D eigenvalue weighted by atomic mass is 10.1. The van der Waals surface area contributed by atoms with Crippen LogP contribution in [0.3, 0.4) is 0 Å². The second-order valence-electron chi connectivity index (χ2n) is 3.68. The van der Waals surface area contributed by atoms with Crippen LogP contribution in [0.1, 0.15) is 11.3 Å². The third-order valence-electron chi connectivity index (χ3n) is 2.29. The number of rotatable bonds is 2. The summed E-state index contributed by atoms with van der Waals surface area (Å²) in [4.78, 5) is 22.1. The molecule has 2 aromatic rings. The second kappa shape index (κ2) is 4.25. The fraction of sp³-hybridized carbons (Fsp3) is 0.0769. The second-order valence-corrected chi connectivity index (χ2v) is 3.68. The topological polar surface area (TPSA) is 67.5 Å². The number of carboxylic acids is 1. The summed E-state index contributed by atoms with van der Waals surface area (Å²) in [5.41, 5.74) is 1.24. The highest BCUT2D eigenvalue weighted by Crippen LogP contribution is 2.14. The van der Waals surface area contributed by atoms with Gasteiger partial charge in [0.25, 0.3) is 0 Å². The van der Waals surface area contributed by atoms with Gasteiger partial charge in [-0.15, -0.1) is 0 Å². The Kier molecular flexibility index (Phi) is 2.78. The van der Waals surface area contributed by atoms with E-state index in [0.717, 1.165) is 11.6 Å². The SMILES string of the molecule is Cc1ccc2oc(/C=C/C(=O)O)cc(=O)c2c1. The number of hydrogen-bond donors (Lipinski definition) is 1. The van der Waals surface area contributed by atoms with Crippen LogP contribution >= 0.6 is 0 Å². The average Bonchev–Trinajstić information content (AvgIpc) is 2.27. The molecular weight excluding hydrogens is 220 g/mol. The van der Waals surface area contributed by atoms with Crippen LogP contribution in [-0.2, 0) is 4.79 Å². The van der Waals surface area contributed by atoms with Gasteiger partial charge in [0.2, 0.25) is 0 Å². The minimum absolute atomic E-state index is 0.181. The van der Waals surface area contributed by atoms with Gasteiger partial charge in [-0.25, -0.2) is 4.79 Å². The summed E-state index contributed by atoms with van der Waals surface area (Å²) in [6.07, 6.45) is 2.18.